The predicted octanol–water partition coefficient (Wildman–Crippen LogP) is 0.266. The summed E-state index contributed by atoms with van der Waals surface area (Å²) in [5.41, 5.74) is 1.34. The number of hydrogen-bond donors (Lipinski definition) is 3. The molecule has 2 amide bonds. The number of carboxylic acids is 1. The van der Waals surface area contributed by atoms with Crippen LogP contribution < -0.4 is 10.6 Å². The first-order valence-electron chi connectivity index (χ1n) is 4.83. The Labute approximate surface area is 103 Å². The second-order valence-corrected chi connectivity index (χ2v) is 3.78. The molecule has 1 aromatic rings. The Hall–Kier alpha value is -1.76. The smallest absolute Gasteiger partial charge is 0.323 e. The van der Waals surface area contributed by atoms with Crippen LogP contribution in [0, 0.1) is 6.92 Å². The minimum absolute atomic E-state index is 0.182. The van der Waals surface area contributed by atoms with E-state index >= 15 is 0 Å². The molecule has 0 aliphatic rings. The van der Waals surface area contributed by atoms with Gasteiger partial charge in [-0.2, -0.15) is 5.10 Å². The summed E-state index contributed by atoms with van der Waals surface area (Å²) in [5.74, 6) is -1.10. The summed E-state index contributed by atoms with van der Waals surface area (Å²) in [5, 5.41) is 17.6. The number of amides is 2. The normalized spacial score (nSPS) is 10.1. The Morgan fingerprint density at radius 2 is 2.12 bits per heavy atom. The zero-order valence-corrected chi connectivity index (χ0v) is 10.2. The molecule has 0 fully saturated rings. The van der Waals surface area contributed by atoms with E-state index in [1.54, 1.807) is 18.7 Å². The van der Waals surface area contributed by atoms with Crippen molar-refractivity contribution in [2.45, 2.75) is 13.5 Å². The Morgan fingerprint density at radius 1 is 1.47 bits per heavy atom. The van der Waals surface area contributed by atoms with Crippen LogP contribution in [-0.4, -0.2) is 33.4 Å². The maximum atomic E-state index is 11.2. The van der Waals surface area contributed by atoms with Gasteiger partial charge in [-0.25, -0.2) is 4.79 Å². The number of aryl methyl sites for hydroxylation is 2. The second-order valence-electron chi connectivity index (χ2n) is 3.40. The van der Waals surface area contributed by atoms with Gasteiger partial charge in [0.15, 0.2) is 0 Å². The molecule has 7 nitrogen and oxygen atoms in total. The third kappa shape index (κ3) is 3.63. The highest BCUT2D eigenvalue weighted by Crippen LogP contribution is 2.18. The van der Waals surface area contributed by atoms with E-state index in [1.807, 2.05) is 0 Å². The van der Waals surface area contributed by atoms with Gasteiger partial charge in [0.25, 0.3) is 0 Å². The lowest BCUT2D eigenvalue weighted by Crippen LogP contribution is -2.38. The van der Waals surface area contributed by atoms with Gasteiger partial charge in [-0.15, -0.1) is 0 Å². The van der Waals surface area contributed by atoms with E-state index in [1.165, 1.54) is 0 Å². The summed E-state index contributed by atoms with van der Waals surface area (Å²) in [6.45, 7) is 1.52. The average Bonchev–Trinajstić information content (AvgIpc) is 2.48. The highest BCUT2D eigenvalue weighted by atomic mass is 35.5. The third-order valence-corrected chi connectivity index (χ3v) is 2.57. The SMILES string of the molecule is Cc1nn(C)c(CNC(=O)NCC(=O)O)c1Cl. The van der Waals surface area contributed by atoms with E-state index < -0.39 is 18.5 Å². The molecule has 8 heteroatoms. The Kier molecular flexibility index (Phi) is 4.33. The van der Waals surface area contributed by atoms with Crippen molar-refractivity contribution in [1.29, 1.82) is 0 Å². The molecular formula is C9H13ClN4O3. The molecule has 0 aromatic carbocycles. The van der Waals surface area contributed by atoms with Crippen molar-refractivity contribution in [3.8, 4) is 0 Å². The molecule has 17 heavy (non-hydrogen) atoms. The van der Waals surface area contributed by atoms with E-state index in [9.17, 15) is 9.59 Å². The maximum absolute atomic E-state index is 11.2. The van der Waals surface area contributed by atoms with E-state index in [0.717, 1.165) is 0 Å². The van der Waals surface area contributed by atoms with Crippen LogP contribution in [-0.2, 0) is 18.4 Å². The second kappa shape index (κ2) is 5.53. The quantitative estimate of drug-likeness (QED) is 0.724. The number of nitrogens with one attached hydrogen (secondary N) is 2. The van der Waals surface area contributed by atoms with Gasteiger partial charge < -0.3 is 15.7 Å². The van der Waals surface area contributed by atoms with Crippen LogP contribution >= 0.6 is 11.6 Å². The van der Waals surface area contributed by atoms with Crippen LogP contribution in [0.25, 0.3) is 0 Å². The molecule has 0 bridgehead atoms. The average molecular weight is 261 g/mol. The van der Waals surface area contributed by atoms with E-state index in [-0.39, 0.29) is 6.54 Å². The van der Waals surface area contributed by atoms with Crippen LogP contribution in [0.3, 0.4) is 0 Å². The van der Waals surface area contributed by atoms with Crippen molar-refractivity contribution >= 4 is 23.6 Å². The van der Waals surface area contributed by atoms with Gasteiger partial charge in [-0.05, 0) is 6.92 Å². The van der Waals surface area contributed by atoms with Crippen LogP contribution in [0.1, 0.15) is 11.4 Å². The van der Waals surface area contributed by atoms with Gasteiger partial charge in [0.2, 0.25) is 0 Å². The van der Waals surface area contributed by atoms with Gasteiger partial charge in [-0.3, -0.25) is 9.48 Å². The largest absolute Gasteiger partial charge is 0.480 e. The van der Waals surface area contributed by atoms with Crippen molar-refractivity contribution in [2.75, 3.05) is 6.54 Å². The van der Waals surface area contributed by atoms with Crippen LogP contribution in [0.5, 0.6) is 0 Å². The summed E-state index contributed by atoms with van der Waals surface area (Å²) in [6.07, 6.45) is 0. The molecule has 0 unspecified atom stereocenters. The lowest BCUT2D eigenvalue weighted by Gasteiger charge is -2.06. The standard InChI is InChI=1S/C9H13ClN4O3/c1-5-8(10)6(14(2)13-5)3-11-9(17)12-4-7(15)16/h3-4H2,1-2H3,(H,15,16)(H2,11,12,17). The summed E-state index contributed by atoms with van der Waals surface area (Å²) < 4.78 is 1.56. The Balaban J connectivity index is 2.50. The first-order valence-corrected chi connectivity index (χ1v) is 5.21. The molecule has 3 N–H and O–H groups in total. The predicted molar refractivity (Wildman–Crippen MR) is 60.8 cm³/mol. The van der Waals surface area contributed by atoms with Gasteiger partial charge in [0, 0.05) is 7.05 Å². The Morgan fingerprint density at radius 3 is 2.59 bits per heavy atom. The number of urea groups is 1. The fraction of sp³-hybridized carbons (Fsp3) is 0.444. The monoisotopic (exact) mass is 260 g/mol. The highest BCUT2D eigenvalue weighted by molar-refractivity contribution is 6.31. The third-order valence-electron chi connectivity index (χ3n) is 2.08. The molecular weight excluding hydrogens is 248 g/mol. The van der Waals surface area contributed by atoms with E-state index in [4.69, 9.17) is 16.7 Å². The number of hydrogen-bond acceptors (Lipinski definition) is 3. The maximum Gasteiger partial charge on any atom is 0.323 e. The van der Waals surface area contributed by atoms with Gasteiger partial charge >= 0.3 is 12.0 Å². The number of rotatable bonds is 4. The van der Waals surface area contributed by atoms with E-state index in [2.05, 4.69) is 15.7 Å². The first kappa shape index (κ1) is 13.3. The molecule has 0 spiro atoms. The van der Waals surface area contributed by atoms with Crippen LogP contribution in [0.15, 0.2) is 0 Å². The number of aromatic nitrogens is 2. The molecule has 0 saturated heterocycles. The van der Waals surface area contributed by atoms with Crippen molar-refractivity contribution in [2.24, 2.45) is 7.05 Å². The number of aliphatic carboxylic acids is 1. The number of carbonyl (C=O) groups excluding carboxylic acids is 1. The van der Waals surface area contributed by atoms with Gasteiger partial charge in [0.05, 0.1) is 23.0 Å². The summed E-state index contributed by atoms with van der Waals surface area (Å²) >= 11 is 5.98. The highest BCUT2D eigenvalue weighted by Gasteiger charge is 2.12. The van der Waals surface area contributed by atoms with Gasteiger partial charge in [-0.1, -0.05) is 11.6 Å². The molecule has 94 valence electrons. The van der Waals surface area contributed by atoms with Crippen LogP contribution in [0.4, 0.5) is 4.79 Å². The summed E-state index contributed by atoms with van der Waals surface area (Å²) in [4.78, 5) is 21.4. The minimum atomic E-state index is -1.10. The topological polar surface area (TPSA) is 96.3 Å². The molecule has 0 saturated carbocycles. The van der Waals surface area contributed by atoms with Crippen molar-refractivity contribution < 1.29 is 14.7 Å². The molecule has 1 aromatic heterocycles. The zero-order chi connectivity index (χ0) is 13.0. The number of nitrogens with zero attached hydrogens (tertiary/aromatic N) is 2. The Bertz CT molecular complexity index is 444. The fourth-order valence-corrected chi connectivity index (χ4v) is 1.48. The number of carboxylic acid groups (broad SMARTS) is 1. The van der Waals surface area contributed by atoms with E-state index in [0.29, 0.717) is 16.4 Å². The summed E-state index contributed by atoms with van der Waals surface area (Å²) in [6, 6.07) is -0.567. The van der Waals surface area contributed by atoms with Crippen LogP contribution in [0.2, 0.25) is 5.02 Å². The molecule has 0 radical (unpaired) electrons. The lowest BCUT2D eigenvalue weighted by molar-refractivity contribution is -0.135. The summed E-state index contributed by atoms with van der Waals surface area (Å²) in [7, 11) is 1.71. The lowest BCUT2D eigenvalue weighted by atomic mass is 10.3. The van der Waals surface area contributed by atoms with Gasteiger partial charge in [0.1, 0.15) is 6.54 Å². The molecule has 0 aliphatic carbocycles. The zero-order valence-electron chi connectivity index (χ0n) is 9.45. The molecule has 1 rings (SSSR count). The molecule has 0 atom stereocenters. The number of carbonyl (C=O) groups is 2. The van der Waals surface area contributed by atoms with Crippen molar-refractivity contribution in [3.63, 3.8) is 0 Å². The molecule has 0 aliphatic heterocycles. The fourth-order valence-electron chi connectivity index (χ4n) is 1.25. The molecule has 1 heterocycles. The minimum Gasteiger partial charge on any atom is -0.480 e. The first-order chi connectivity index (χ1) is 7.91. The number of halogens is 1. The van der Waals surface area contributed by atoms with Crippen molar-refractivity contribution in [3.05, 3.63) is 16.4 Å². The van der Waals surface area contributed by atoms with Crippen molar-refractivity contribution in [1.82, 2.24) is 20.4 Å².